The van der Waals surface area contributed by atoms with Crippen LogP contribution in [-0.2, 0) is 4.74 Å². The van der Waals surface area contributed by atoms with Crippen LogP contribution in [0.25, 0.3) is 5.65 Å². The van der Waals surface area contributed by atoms with E-state index in [0.29, 0.717) is 47.7 Å². The van der Waals surface area contributed by atoms with Gasteiger partial charge < -0.3 is 25.3 Å². The second kappa shape index (κ2) is 8.27. The van der Waals surface area contributed by atoms with Crippen molar-refractivity contribution in [3.63, 3.8) is 0 Å². The zero-order valence-corrected chi connectivity index (χ0v) is 18.2. The van der Waals surface area contributed by atoms with Crippen LogP contribution in [0.5, 0.6) is 0 Å². The van der Waals surface area contributed by atoms with E-state index in [1.807, 2.05) is 6.07 Å². The summed E-state index contributed by atoms with van der Waals surface area (Å²) in [6.07, 6.45) is 6.39. The highest BCUT2D eigenvalue weighted by molar-refractivity contribution is 6.00. The summed E-state index contributed by atoms with van der Waals surface area (Å²) >= 11 is 0. The molecule has 10 nitrogen and oxygen atoms in total. The van der Waals surface area contributed by atoms with Gasteiger partial charge >= 0.3 is 0 Å². The molecule has 3 aromatic rings. The molecule has 1 saturated carbocycles. The molecule has 3 N–H and O–H groups in total. The van der Waals surface area contributed by atoms with Gasteiger partial charge in [-0.25, -0.2) is 4.98 Å². The smallest absolute Gasteiger partial charge is 0.274 e. The Hall–Kier alpha value is -3.40. The number of amides is 1. The molecule has 5 rings (SSSR count). The molecule has 32 heavy (non-hydrogen) atoms. The SMILES string of the molecule is CNc1cc(Nc2cccn(C3COC3)c2=O)nc2c(C(=O)NC3CCC(C)C3)cnn12. The number of hydrogen-bond acceptors (Lipinski definition) is 7. The van der Waals surface area contributed by atoms with Gasteiger partial charge in [-0.2, -0.15) is 9.61 Å². The number of fused-ring (bicyclic) bond motifs is 1. The van der Waals surface area contributed by atoms with E-state index in [2.05, 4.69) is 33.0 Å². The number of rotatable bonds is 6. The summed E-state index contributed by atoms with van der Waals surface area (Å²) in [6.45, 7) is 3.27. The number of hydrogen-bond donors (Lipinski definition) is 3. The fourth-order valence-electron chi connectivity index (χ4n) is 4.38. The molecule has 2 atom stereocenters. The maximum Gasteiger partial charge on any atom is 0.274 e. The molecule has 10 heteroatoms. The van der Waals surface area contributed by atoms with Crippen LogP contribution in [0.4, 0.5) is 17.3 Å². The van der Waals surface area contributed by atoms with E-state index in [1.54, 1.807) is 34.5 Å². The molecule has 0 radical (unpaired) electrons. The lowest BCUT2D eigenvalue weighted by Crippen LogP contribution is -2.37. The third-order valence-corrected chi connectivity index (χ3v) is 6.25. The highest BCUT2D eigenvalue weighted by atomic mass is 16.5. The number of carbonyl (C=O) groups is 1. The minimum atomic E-state index is -0.183. The van der Waals surface area contributed by atoms with Crippen molar-refractivity contribution in [2.75, 3.05) is 30.9 Å². The maximum absolute atomic E-state index is 13.0. The lowest BCUT2D eigenvalue weighted by Gasteiger charge is -2.28. The third-order valence-electron chi connectivity index (χ3n) is 6.25. The molecule has 0 aromatic carbocycles. The molecular weight excluding hydrogens is 410 g/mol. The summed E-state index contributed by atoms with van der Waals surface area (Å²) in [5, 5.41) is 13.7. The standard InChI is InChI=1S/C22H27N7O3/c1-13-5-6-14(8-13)25-21(30)16-10-24-29-19(23-2)9-18(27-20(16)29)26-17-4-3-7-28(22(17)31)15-11-32-12-15/h3-4,7,9-10,13-15,23H,5-6,8,11-12H2,1-2H3,(H,25,30)(H,26,27). The summed E-state index contributed by atoms with van der Waals surface area (Å²) < 4.78 is 8.47. The zero-order chi connectivity index (χ0) is 22.2. The Kier molecular flexibility index (Phi) is 5.30. The van der Waals surface area contributed by atoms with Crippen molar-refractivity contribution in [3.05, 3.63) is 46.5 Å². The minimum absolute atomic E-state index is 0.0518. The Morgan fingerprint density at radius 3 is 2.81 bits per heavy atom. The van der Waals surface area contributed by atoms with Gasteiger partial charge in [-0.3, -0.25) is 9.59 Å². The number of aromatic nitrogens is 4. The Morgan fingerprint density at radius 2 is 2.12 bits per heavy atom. The van der Waals surface area contributed by atoms with E-state index in [0.717, 1.165) is 19.3 Å². The summed E-state index contributed by atoms with van der Waals surface area (Å²) in [4.78, 5) is 30.5. The quantitative estimate of drug-likeness (QED) is 0.541. The van der Waals surface area contributed by atoms with Gasteiger partial charge in [0.1, 0.15) is 22.9 Å². The minimum Gasteiger partial charge on any atom is -0.377 e. The molecule has 1 saturated heterocycles. The maximum atomic E-state index is 13.0. The van der Waals surface area contributed by atoms with Gasteiger partial charge in [-0.05, 0) is 37.3 Å². The van der Waals surface area contributed by atoms with E-state index < -0.39 is 0 Å². The lowest BCUT2D eigenvalue weighted by molar-refractivity contribution is -0.0247. The van der Waals surface area contributed by atoms with Crippen molar-refractivity contribution in [1.29, 1.82) is 0 Å². The highest BCUT2D eigenvalue weighted by Crippen LogP contribution is 2.26. The third kappa shape index (κ3) is 3.70. The van der Waals surface area contributed by atoms with Gasteiger partial charge in [0.05, 0.1) is 25.5 Å². The van der Waals surface area contributed by atoms with Crippen molar-refractivity contribution < 1.29 is 9.53 Å². The number of anilines is 3. The number of nitrogens with one attached hydrogen (secondary N) is 3. The van der Waals surface area contributed by atoms with Crippen LogP contribution < -0.4 is 21.5 Å². The average Bonchev–Trinajstić information content (AvgIpc) is 3.35. The topological polar surface area (TPSA) is 115 Å². The van der Waals surface area contributed by atoms with Gasteiger partial charge in [0.15, 0.2) is 5.65 Å². The molecule has 2 fully saturated rings. The molecule has 1 aliphatic heterocycles. The molecular formula is C22H27N7O3. The van der Waals surface area contributed by atoms with E-state index in [-0.39, 0.29) is 23.6 Å². The first-order chi connectivity index (χ1) is 15.5. The van der Waals surface area contributed by atoms with Crippen molar-refractivity contribution >= 4 is 28.9 Å². The summed E-state index contributed by atoms with van der Waals surface area (Å²) in [5.41, 5.74) is 1.09. The van der Waals surface area contributed by atoms with Gasteiger partial charge in [0.25, 0.3) is 11.5 Å². The predicted molar refractivity (Wildman–Crippen MR) is 121 cm³/mol. The van der Waals surface area contributed by atoms with Crippen LogP contribution >= 0.6 is 0 Å². The molecule has 3 aromatic heterocycles. The first-order valence-electron chi connectivity index (χ1n) is 11.0. The fourth-order valence-corrected chi connectivity index (χ4v) is 4.38. The molecule has 1 aliphatic carbocycles. The van der Waals surface area contributed by atoms with Gasteiger partial charge in [0, 0.05) is 25.4 Å². The van der Waals surface area contributed by atoms with Crippen LogP contribution in [0.15, 0.2) is 35.4 Å². The Balaban J connectivity index is 1.46. The number of pyridine rings is 1. The summed E-state index contributed by atoms with van der Waals surface area (Å²) in [6, 6.07) is 5.52. The van der Waals surface area contributed by atoms with Crippen LogP contribution in [0.3, 0.4) is 0 Å². The molecule has 2 aliphatic rings. The van der Waals surface area contributed by atoms with Crippen LogP contribution in [0, 0.1) is 5.92 Å². The summed E-state index contributed by atoms with van der Waals surface area (Å²) in [5.74, 6) is 1.54. The Bertz CT molecular complexity index is 1210. The number of carbonyl (C=O) groups excluding carboxylic acids is 1. The second-order valence-electron chi connectivity index (χ2n) is 8.61. The second-order valence-corrected chi connectivity index (χ2v) is 8.61. The first kappa shape index (κ1) is 20.5. The molecule has 2 unspecified atom stereocenters. The average molecular weight is 438 g/mol. The fraction of sp³-hybridized carbons (Fsp3) is 0.455. The molecule has 0 spiro atoms. The molecule has 1 amide bonds. The summed E-state index contributed by atoms with van der Waals surface area (Å²) in [7, 11) is 1.77. The lowest BCUT2D eigenvalue weighted by atomic mass is 10.1. The van der Waals surface area contributed by atoms with E-state index in [1.165, 1.54) is 6.20 Å². The predicted octanol–water partition coefficient (Wildman–Crippen LogP) is 2.17. The monoisotopic (exact) mass is 437 g/mol. The van der Waals surface area contributed by atoms with Gasteiger partial charge in [-0.15, -0.1) is 0 Å². The van der Waals surface area contributed by atoms with Crippen molar-refractivity contribution in [3.8, 4) is 0 Å². The van der Waals surface area contributed by atoms with Crippen molar-refractivity contribution in [2.45, 2.75) is 38.3 Å². The highest BCUT2D eigenvalue weighted by Gasteiger charge is 2.26. The van der Waals surface area contributed by atoms with Crippen LogP contribution in [0.2, 0.25) is 0 Å². The number of nitrogens with zero attached hydrogens (tertiary/aromatic N) is 4. The molecule has 0 bridgehead atoms. The Morgan fingerprint density at radius 1 is 1.28 bits per heavy atom. The van der Waals surface area contributed by atoms with Crippen molar-refractivity contribution in [1.82, 2.24) is 24.5 Å². The molecule has 168 valence electrons. The van der Waals surface area contributed by atoms with Crippen LogP contribution in [-0.4, -0.2) is 51.4 Å². The van der Waals surface area contributed by atoms with E-state index >= 15 is 0 Å². The van der Waals surface area contributed by atoms with E-state index in [4.69, 9.17) is 4.74 Å². The first-order valence-corrected chi connectivity index (χ1v) is 11.0. The van der Waals surface area contributed by atoms with Crippen LogP contribution in [0.1, 0.15) is 42.6 Å². The molecule has 4 heterocycles. The van der Waals surface area contributed by atoms with Gasteiger partial charge in [-0.1, -0.05) is 6.92 Å². The van der Waals surface area contributed by atoms with E-state index in [9.17, 15) is 9.59 Å². The normalized spacial score (nSPS) is 20.8. The zero-order valence-electron chi connectivity index (χ0n) is 18.2. The number of ether oxygens (including phenoxy) is 1. The van der Waals surface area contributed by atoms with Crippen molar-refractivity contribution in [2.24, 2.45) is 5.92 Å². The van der Waals surface area contributed by atoms with Gasteiger partial charge in [0.2, 0.25) is 0 Å². The largest absolute Gasteiger partial charge is 0.377 e. The Labute approximate surface area is 185 Å².